The van der Waals surface area contributed by atoms with E-state index < -0.39 is 0 Å². The lowest BCUT2D eigenvalue weighted by Crippen LogP contribution is -2.35. The Bertz CT molecular complexity index is 457. The summed E-state index contributed by atoms with van der Waals surface area (Å²) in [7, 11) is 0. The second-order valence-corrected chi connectivity index (χ2v) is 5.49. The smallest absolute Gasteiger partial charge is 0.239 e. The van der Waals surface area contributed by atoms with E-state index in [0.29, 0.717) is 6.54 Å². The maximum Gasteiger partial charge on any atom is 0.239 e. The SMILES string of the molecule is CC(C)Oc1cccc(NCC(=O)NCC2CCCO2)c1. The minimum atomic E-state index is -0.0271. The molecule has 2 rings (SSSR count). The lowest BCUT2D eigenvalue weighted by Gasteiger charge is -2.13. The molecule has 1 unspecified atom stereocenters. The van der Waals surface area contributed by atoms with Crippen LogP contribution in [0.1, 0.15) is 26.7 Å². The molecule has 5 nitrogen and oxygen atoms in total. The maximum atomic E-state index is 11.8. The van der Waals surface area contributed by atoms with Crippen molar-refractivity contribution < 1.29 is 14.3 Å². The van der Waals surface area contributed by atoms with E-state index in [0.717, 1.165) is 30.9 Å². The van der Waals surface area contributed by atoms with Gasteiger partial charge in [-0.2, -0.15) is 0 Å². The van der Waals surface area contributed by atoms with Crippen LogP contribution in [0.2, 0.25) is 0 Å². The fraction of sp³-hybridized carbons (Fsp3) is 0.562. The van der Waals surface area contributed by atoms with Crippen molar-refractivity contribution in [2.75, 3.05) is 25.0 Å². The highest BCUT2D eigenvalue weighted by Crippen LogP contribution is 2.18. The zero-order valence-electron chi connectivity index (χ0n) is 12.7. The highest BCUT2D eigenvalue weighted by molar-refractivity contribution is 5.80. The Kier molecular flexibility index (Phi) is 5.87. The molecule has 1 heterocycles. The van der Waals surface area contributed by atoms with Crippen molar-refractivity contribution in [3.05, 3.63) is 24.3 Å². The minimum Gasteiger partial charge on any atom is -0.491 e. The van der Waals surface area contributed by atoms with Crippen molar-refractivity contribution in [2.24, 2.45) is 0 Å². The highest BCUT2D eigenvalue weighted by Gasteiger charge is 2.15. The van der Waals surface area contributed by atoms with Crippen molar-refractivity contribution in [1.82, 2.24) is 5.32 Å². The van der Waals surface area contributed by atoms with Gasteiger partial charge >= 0.3 is 0 Å². The van der Waals surface area contributed by atoms with Crippen LogP contribution in [0.15, 0.2) is 24.3 Å². The lowest BCUT2D eigenvalue weighted by molar-refractivity contribution is -0.119. The van der Waals surface area contributed by atoms with Crippen molar-refractivity contribution in [3.8, 4) is 5.75 Å². The first-order valence-corrected chi connectivity index (χ1v) is 7.52. The maximum absolute atomic E-state index is 11.8. The van der Waals surface area contributed by atoms with Crippen LogP contribution in [0.25, 0.3) is 0 Å². The highest BCUT2D eigenvalue weighted by atomic mass is 16.5. The van der Waals surface area contributed by atoms with Gasteiger partial charge in [-0.05, 0) is 38.8 Å². The van der Waals surface area contributed by atoms with Crippen molar-refractivity contribution in [1.29, 1.82) is 0 Å². The summed E-state index contributed by atoms with van der Waals surface area (Å²) in [5.74, 6) is 0.774. The number of hydrogen-bond acceptors (Lipinski definition) is 4. The fourth-order valence-electron chi connectivity index (χ4n) is 2.23. The van der Waals surface area contributed by atoms with Crippen LogP contribution in [0, 0.1) is 0 Å². The Morgan fingerprint density at radius 3 is 3.05 bits per heavy atom. The first-order valence-electron chi connectivity index (χ1n) is 7.52. The number of carbonyl (C=O) groups excluding carboxylic acids is 1. The van der Waals surface area contributed by atoms with E-state index in [-0.39, 0.29) is 24.7 Å². The van der Waals surface area contributed by atoms with E-state index in [1.807, 2.05) is 38.1 Å². The number of amides is 1. The predicted molar refractivity (Wildman–Crippen MR) is 82.7 cm³/mol. The van der Waals surface area contributed by atoms with E-state index in [9.17, 15) is 4.79 Å². The fourth-order valence-corrected chi connectivity index (χ4v) is 2.23. The van der Waals surface area contributed by atoms with Crippen LogP contribution in [0.4, 0.5) is 5.69 Å². The summed E-state index contributed by atoms with van der Waals surface area (Å²) in [6.45, 7) is 5.62. The molecule has 0 aromatic heterocycles. The molecule has 1 aromatic rings. The summed E-state index contributed by atoms with van der Waals surface area (Å²) in [6, 6.07) is 7.63. The summed E-state index contributed by atoms with van der Waals surface area (Å²) in [5, 5.41) is 5.98. The van der Waals surface area contributed by atoms with Crippen LogP contribution in [0.5, 0.6) is 5.75 Å². The molecule has 1 aliphatic rings. The average molecular weight is 292 g/mol. The Hall–Kier alpha value is -1.75. The van der Waals surface area contributed by atoms with Gasteiger partial charge in [0.2, 0.25) is 5.91 Å². The number of rotatable bonds is 7. The second-order valence-electron chi connectivity index (χ2n) is 5.49. The number of anilines is 1. The summed E-state index contributed by atoms with van der Waals surface area (Å²) >= 11 is 0. The number of benzene rings is 1. The van der Waals surface area contributed by atoms with Gasteiger partial charge in [-0.3, -0.25) is 4.79 Å². The molecular formula is C16H24N2O3. The molecule has 0 radical (unpaired) electrons. The van der Waals surface area contributed by atoms with Gasteiger partial charge in [-0.25, -0.2) is 0 Å². The zero-order valence-corrected chi connectivity index (χ0v) is 12.7. The number of ether oxygens (including phenoxy) is 2. The largest absolute Gasteiger partial charge is 0.491 e. The lowest BCUT2D eigenvalue weighted by atomic mass is 10.2. The minimum absolute atomic E-state index is 0.0271. The Morgan fingerprint density at radius 1 is 1.48 bits per heavy atom. The molecule has 0 bridgehead atoms. The van der Waals surface area contributed by atoms with Crippen molar-refractivity contribution in [2.45, 2.75) is 38.9 Å². The van der Waals surface area contributed by atoms with Crippen LogP contribution in [0.3, 0.4) is 0 Å². The third kappa shape index (κ3) is 5.63. The van der Waals surface area contributed by atoms with Crippen molar-refractivity contribution >= 4 is 11.6 Å². The monoisotopic (exact) mass is 292 g/mol. The summed E-state index contributed by atoms with van der Waals surface area (Å²) in [4.78, 5) is 11.8. The summed E-state index contributed by atoms with van der Waals surface area (Å²) < 4.78 is 11.1. The zero-order chi connectivity index (χ0) is 15.1. The predicted octanol–water partition coefficient (Wildman–Crippen LogP) is 2.18. The summed E-state index contributed by atoms with van der Waals surface area (Å²) in [5.41, 5.74) is 0.875. The molecule has 1 aromatic carbocycles. The molecule has 1 aliphatic heterocycles. The molecule has 0 aliphatic carbocycles. The van der Waals surface area contributed by atoms with Crippen LogP contribution < -0.4 is 15.4 Å². The molecule has 1 amide bonds. The Morgan fingerprint density at radius 2 is 2.33 bits per heavy atom. The standard InChI is InChI=1S/C16H24N2O3/c1-12(2)21-14-6-3-5-13(9-14)17-11-16(19)18-10-15-7-4-8-20-15/h3,5-6,9,12,15,17H,4,7-8,10-11H2,1-2H3,(H,18,19). The third-order valence-electron chi connectivity index (χ3n) is 3.21. The van der Waals surface area contributed by atoms with Crippen LogP contribution >= 0.6 is 0 Å². The van der Waals surface area contributed by atoms with Gasteiger partial charge < -0.3 is 20.1 Å². The third-order valence-corrected chi connectivity index (χ3v) is 3.21. The Balaban J connectivity index is 1.72. The second kappa shape index (κ2) is 7.88. The van der Waals surface area contributed by atoms with E-state index in [4.69, 9.17) is 9.47 Å². The number of nitrogens with one attached hydrogen (secondary N) is 2. The van der Waals surface area contributed by atoms with E-state index in [2.05, 4.69) is 10.6 Å². The van der Waals surface area contributed by atoms with Crippen molar-refractivity contribution in [3.63, 3.8) is 0 Å². The topological polar surface area (TPSA) is 59.6 Å². The molecule has 21 heavy (non-hydrogen) atoms. The number of carbonyl (C=O) groups is 1. The molecule has 116 valence electrons. The first kappa shape index (κ1) is 15.6. The van der Waals surface area contributed by atoms with Gasteiger partial charge in [0.15, 0.2) is 0 Å². The Labute approximate surface area is 126 Å². The van der Waals surface area contributed by atoms with E-state index in [1.54, 1.807) is 0 Å². The van der Waals surface area contributed by atoms with Gasteiger partial charge in [-0.1, -0.05) is 6.07 Å². The normalized spacial score (nSPS) is 17.8. The van der Waals surface area contributed by atoms with Gasteiger partial charge in [0.05, 0.1) is 18.8 Å². The molecule has 5 heteroatoms. The van der Waals surface area contributed by atoms with Crippen LogP contribution in [-0.2, 0) is 9.53 Å². The molecule has 0 spiro atoms. The van der Waals surface area contributed by atoms with Gasteiger partial charge in [0, 0.05) is 24.9 Å². The van der Waals surface area contributed by atoms with Crippen LogP contribution in [-0.4, -0.2) is 37.8 Å². The molecule has 1 atom stereocenters. The molecular weight excluding hydrogens is 268 g/mol. The summed E-state index contributed by atoms with van der Waals surface area (Å²) in [6.07, 6.45) is 2.43. The van der Waals surface area contributed by atoms with Gasteiger partial charge in [0.25, 0.3) is 0 Å². The first-order chi connectivity index (χ1) is 10.1. The van der Waals surface area contributed by atoms with E-state index >= 15 is 0 Å². The molecule has 1 fully saturated rings. The molecule has 1 saturated heterocycles. The van der Waals surface area contributed by atoms with Gasteiger partial charge in [0.1, 0.15) is 5.75 Å². The number of hydrogen-bond donors (Lipinski definition) is 2. The molecule has 2 N–H and O–H groups in total. The van der Waals surface area contributed by atoms with Gasteiger partial charge in [-0.15, -0.1) is 0 Å². The molecule has 0 saturated carbocycles. The quantitative estimate of drug-likeness (QED) is 0.808. The average Bonchev–Trinajstić information content (AvgIpc) is 2.96. The van der Waals surface area contributed by atoms with E-state index in [1.165, 1.54) is 0 Å².